The monoisotopic (exact) mass is 402 g/mol. The summed E-state index contributed by atoms with van der Waals surface area (Å²) in [5.41, 5.74) is 0. The minimum Gasteiger partial charge on any atom is -0.320 e. The number of hydrogen-bond acceptors (Lipinski definition) is 8. The third kappa shape index (κ3) is 8.33. The van der Waals surface area contributed by atoms with E-state index in [-0.39, 0.29) is 46.9 Å². The fraction of sp³-hybridized carbons (Fsp3) is 0.778. The molecule has 1 fully saturated rings. The van der Waals surface area contributed by atoms with E-state index in [4.69, 9.17) is 0 Å². The largest absolute Gasteiger partial charge is 0.320 e. The highest BCUT2D eigenvalue weighted by molar-refractivity contribution is 8.77. The first-order valence-corrected chi connectivity index (χ1v) is 11.5. The van der Waals surface area contributed by atoms with Crippen molar-refractivity contribution in [2.45, 2.75) is 57.2 Å². The van der Waals surface area contributed by atoms with Crippen molar-refractivity contribution in [3.8, 4) is 0 Å². The van der Waals surface area contributed by atoms with Gasteiger partial charge in [-0.3, -0.25) is 19.2 Å². The number of carbonyl (C=O) groups is 4. The average molecular weight is 403 g/mol. The van der Waals surface area contributed by atoms with Crippen LogP contribution in [0.2, 0.25) is 0 Å². The summed E-state index contributed by atoms with van der Waals surface area (Å²) in [5, 5.41) is 5.85. The normalized spacial score (nSPS) is 21.9. The Morgan fingerprint density at radius 3 is 2.65 bits per heavy atom. The van der Waals surface area contributed by atoms with Gasteiger partial charge in [-0.1, -0.05) is 28.5 Å². The van der Waals surface area contributed by atoms with Crippen molar-refractivity contribution in [3.05, 3.63) is 0 Å². The van der Waals surface area contributed by atoms with E-state index in [9.17, 15) is 19.2 Å². The van der Waals surface area contributed by atoms with E-state index in [0.29, 0.717) is 44.4 Å². The maximum Gasteiger partial charge on any atom is 0.146 e. The SMILES string of the molecule is CCC(=O)C1C[C@@H](CCC(=O)CN[C@@H](CCNC)C(C)=O)C(=O)CSS1. The zero-order valence-corrected chi connectivity index (χ0v) is 17.5. The van der Waals surface area contributed by atoms with Crippen LogP contribution < -0.4 is 10.6 Å². The van der Waals surface area contributed by atoms with E-state index in [1.54, 1.807) is 0 Å². The van der Waals surface area contributed by atoms with Gasteiger partial charge in [-0.25, -0.2) is 0 Å². The number of Topliss-reactive ketones (excluding diaryl/α,β-unsaturated/α-hetero) is 4. The second kappa shape index (κ2) is 12.6. The summed E-state index contributed by atoms with van der Waals surface area (Å²) in [6.07, 6.45) is 2.41. The predicted octanol–water partition coefficient (Wildman–Crippen LogP) is 1.81. The van der Waals surface area contributed by atoms with E-state index in [1.165, 1.54) is 28.5 Å². The first kappa shape index (κ1) is 23.3. The van der Waals surface area contributed by atoms with Crippen molar-refractivity contribution in [1.29, 1.82) is 0 Å². The molecule has 0 saturated carbocycles. The molecule has 0 aromatic heterocycles. The Hall–Kier alpha value is -0.700. The molecule has 2 N–H and O–H groups in total. The lowest BCUT2D eigenvalue weighted by Gasteiger charge is -2.17. The van der Waals surface area contributed by atoms with Gasteiger partial charge in [-0.05, 0) is 39.8 Å². The topological polar surface area (TPSA) is 92.3 Å². The summed E-state index contributed by atoms with van der Waals surface area (Å²) in [4.78, 5) is 48.0. The maximum atomic E-state index is 12.2. The van der Waals surface area contributed by atoms with E-state index in [1.807, 2.05) is 14.0 Å². The van der Waals surface area contributed by atoms with Crippen LogP contribution in [0.5, 0.6) is 0 Å². The summed E-state index contributed by atoms with van der Waals surface area (Å²) in [6.45, 7) is 4.19. The first-order chi connectivity index (χ1) is 12.4. The first-order valence-electron chi connectivity index (χ1n) is 9.12. The second-order valence-electron chi connectivity index (χ2n) is 6.58. The predicted molar refractivity (Wildman–Crippen MR) is 108 cm³/mol. The van der Waals surface area contributed by atoms with Gasteiger partial charge in [-0.2, -0.15) is 0 Å². The van der Waals surface area contributed by atoms with Gasteiger partial charge in [0.05, 0.1) is 23.6 Å². The molecule has 6 nitrogen and oxygen atoms in total. The number of rotatable bonds is 12. The molecule has 1 saturated heterocycles. The van der Waals surface area contributed by atoms with Crippen LogP contribution in [-0.4, -0.2) is 60.3 Å². The summed E-state index contributed by atoms with van der Waals surface area (Å²) in [5.74, 6) is 0.480. The highest BCUT2D eigenvalue weighted by atomic mass is 33.1. The second-order valence-corrected chi connectivity index (χ2v) is 9.15. The van der Waals surface area contributed by atoms with Gasteiger partial charge >= 0.3 is 0 Å². The summed E-state index contributed by atoms with van der Waals surface area (Å²) in [6, 6.07) is -0.328. The minimum absolute atomic E-state index is 0.00331. The Morgan fingerprint density at radius 1 is 1.31 bits per heavy atom. The Bertz CT molecular complexity index is 513. The molecule has 1 unspecified atom stereocenters. The molecule has 0 amide bonds. The summed E-state index contributed by atoms with van der Waals surface area (Å²) < 4.78 is 0. The van der Waals surface area contributed by atoms with Crippen LogP contribution in [0, 0.1) is 5.92 Å². The molecule has 26 heavy (non-hydrogen) atoms. The van der Waals surface area contributed by atoms with Crippen LogP contribution in [0.15, 0.2) is 0 Å². The van der Waals surface area contributed by atoms with Gasteiger partial charge in [0.2, 0.25) is 0 Å². The van der Waals surface area contributed by atoms with E-state index in [2.05, 4.69) is 10.6 Å². The zero-order valence-electron chi connectivity index (χ0n) is 15.8. The molecule has 3 atom stereocenters. The number of ketones is 4. The van der Waals surface area contributed by atoms with Crippen molar-refractivity contribution in [1.82, 2.24) is 10.6 Å². The Morgan fingerprint density at radius 2 is 2.04 bits per heavy atom. The molecule has 0 bridgehead atoms. The quantitative estimate of drug-likeness (QED) is 0.478. The van der Waals surface area contributed by atoms with Gasteiger partial charge < -0.3 is 10.6 Å². The van der Waals surface area contributed by atoms with Gasteiger partial charge in [0.25, 0.3) is 0 Å². The van der Waals surface area contributed by atoms with Gasteiger partial charge in [0.15, 0.2) is 0 Å². The molecule has 1 aliphatic rings. The zero-order chi connectivity index (χ0) is 19.5. The Kier molecular flexibility index (Phi) is 11.4. The highest BCUT2D eigenvalue weighted by Gasteiger charge is 2.30. The van der Waals surface area contributed by atoms with Gasteiger partial charge in [0, 0.05) is 18.8 Å². The van der Waals surface area contributed by atoms with Gasteiger partial charge in [0.1, 0.15) is 23.1 Å². The molecule has 8 heteroatoms. The Balaban J connectivity index is 2.47. The van der Waals surface area contributed by atoms with Crippen LogP contribution >= 0.6 is 21.6 Å². The lowest BCUT2D eigenvalue weighted by molar-refractivity contribution is -0.122. The fourth-order valence-corrected chi connectivity index (χ4v) is 5.58. The van der Waals surface area contributed by atoms with E-state index in [0.717, 1.165) is 0 Å². The molecule has 148 valence electrons. The molecule has 0 aromatic rings. The summed E-state index contributed by atoms with van der Waals surface area (Å²) >= 11 is 0. The molecule has 1 aliphatic heterocycles. The lowest BCUT2D eigenvalue weighted by atomic mass is 9.91. The molecule has 0 spiro atoms. The third-order valence-electron chi connectivity index (χ3n) is 4.54. The smallest absolute Gasteiger partial charge is 0.146 e. The molecule has 1 rings (SSSR count). The molecule has 0 radical (unpaired) electrons. The molecular weight excluding hydrogens is 372 g/mol. The molecule has 1 heterocycles. The van der Waals surface area contributed by atoms with Crippen molar-refractivity contribution in [2.75, 3.05) is 25.9 Å². The minimum atomic E-state index is -0.328. The molecular formula is C18H30N2O4S2. The van der Waals surface area contributed by atoms with Crippen molar-refractivity contribution < 1.29 is 19.2 Å². The Labute approximate surface area is 163 Å². The fourth-order valence-electron chi connectivity index (χ4n) is 2.81. The van der Waals surface area contributed by atoms with Gasteiger partial charge in [-0.15, -0.1) is 0 Å². The maximum absolute atomic E-state index is 12.2. The van der Waals surface area contributed by atoms with Crippen molar-refractivity contribution in [2.24, 2.45) is 5.92 Å². The third-order valence-corrected chi connectivity index (χ3v) is 7.22. The van der Waals surface area contributed by atoms with Crippen LogP contribution in [-0.2, 0) is 19.2 Å². The van der Waals surface area contributed by atoms with E-state index < -0.39 is 0 Å². The lowest BCUT2D eigenvalue weighted by Crippen LogP contribution is -2.40. The van der Waals surface area contributed by atoms with Crippen molar-refractivity contribution in [3.63, 3.8) is 0 Å². The van der Waals surface area contributed by atoms with Crippen molar-refractivity contribution >= 4 is 44.7 Å². The molecule has 0 aromatic carbocycles. The summed E-state index contributed by atoms with van der Waals surface area (Å²) in [7, 11) is 4.75. The van der Waals surface area contributed by atoms with Crippen LogP contribution in [0.4, 0.5) is 0 Å². The average Bonchev–Trinajstić information content (AvgIpc) is 2.80. The highest BCUT2D eigenvalue weighted by Crippen LogP contribution is 2.37. The number of hydrogen-bond donors (Lipinski definition) is 2. The van der Waals surface area contributed by atoms with Crippen LogP contribution in [0.1, 0.15) is 46.0 Å². The number of carbonyl (C=O) groups excluding carboxylic acids is 4. The van der Waals surface area contributed by atoms with E-state index >= 15 is 0 Å². The molecule has 0 aliphatic carbocycles. The van der Waals surface area contributed by atoms with Crippen LogP contribution in [0.25, 0.3) is 0 Å². The standard InChI is InChI=1S/C18H30N2O4S2/c1-4-16(23)18-9-13(17(24)11-25-26-18)5-6-14(22)10-20-15(12(2)21)7-8-19-3/h13,15,18-20H,4-11H2,1-3H3/t13-,15+,18?/m1/s1. The number of nitrogens with one attached hydrogen (secondary N) is 2. The van der Waals surface area contributed by atoms with Crippen LogP contribution in [0.3, 0.4) is 0 Å².